The molecular weight excluding hydrogens is 510 g/mol. The molecule has 6 rings (SSSR count). The van der Waals surface area contributed by atoms with Gasteiger partial charge in [0.25, 0.3) is 0 Å². The van der Waals surface area contributed by atoms with E-state index in [2.05, 4.69) is 30.6 Å². The van der Waals surface area contributed by atoms with Crippen LogP contribution in [0, 0.1) is 0 Å². The van der Waals surface area contributed by atoms with Crippen LogP contribution in [0.4, 0.5) is 16.4 Å². The number of pyridine rings is 2. The van der Waals surface area contributed by atoms with Gasteiger partial charge in [0.05, 0.1) is 36.1 Å². The van der Waals surface area contributed by atoms with Crippen molar-refractivity contribution in [2.24, 2.45) is 0 Å². The summed E-state index contributed by atoms with van der Waals surface area (Å²) in [4.78, 5) is 44.3. The maximum atomic E-state index is 12.5. The zero-order valence-corrected chi connectivity index (χ0v) is 21.1. The van der Waals surface area contributed by atoms with E-state index in [0.29, 0.717) is 68.4 Å². The standard InChI is InChI=1S/C25H25N7O5S/c33-21-14-38-19-1-2-20(29-24(19)30-21)32-11-17(37-25(32)34)4-6-26-10-16-9-15(3-7-27-16)23-28-8-5-22(31-23)36-18-12-35-13-18/h1-3,5,7-9,17-18,26H,4,6,10-14H2,(H,29,30,33). The number of carbonyl (C=O) groups excluding carboxylic acids is 2. The van der Waals surface area contributed by atoms with Crippen LogP contribution in [0.25, 0.3) is 11.4 Å². The number of aromatic nitrogens is 4. The predicted octanol–water partition coefficient (Wildman–Crippen LogP) is 2.26. The highest BCUT2D eigenvalue weighted by Crippen LogP contribution is 2.32. The molecule has 0 bridgehead atoms. The third-order valence-corrected chi connectivity index (χ3v) is 7.21. The Balaban J connectivity index is 1.00. The van der Waals surface area contributed by atoms with Crippen molar-refractivity contribution in [3.63, 3.8) is 0 Å². The van der Waals surface area contributed by atoms with Crippen LogP contribution >= 0.6 is 11.8 Å². The fourth-order valence-electron chi connectivity index (χ4n) is 4.16. The molecule has 196 valence electrons. The fraction of sp³-hybridized carbons (Fsp3) is 0.360. The third kappa shape index (κ3) is 5.54. The molecule has 3 aromatic rings. The topological polar surface area (TPSA) is 141 Å². The maximum absolute atomic E-state index is 12.5. The SMILES string of the molecule is O=C1CSc2ccc(N3CC(CCNCc4cc(-c5nccc(OC6COC6)n5)ccn4)OC3=O)nc2N1. The highest BCUT2D eigenvalue weighted by molar-refractivity contribution is 8.00. The molecule has 3 aromatic heterocycles. The first-order valence-electron chi connectivity index (χ1n) is 12.3. The summed E-state index contributed by atoms with van der Waals surface area (Å²) < 4.78 is 16.5. The Bertz CT molecular complexity index is 1360. The molecule has 0 spiro atoms. The molecule has 2 N–H and O–H groups in total. The van der Waals surface area contributed by atoms with Gasteiger partial charge in [0, 0.05) is 30.6 Å². The molecule has 1 atom stereocenters. The molecule has 0 aromatic carbocycles. The minimum atomic E-state index is -0.442. The van der Waals surface area contributed by atoms with Crippen molar-refractivity contribution in [2.75, 3.05) is 42.3 Å². The number of rotatable bonds is 9. The van der Waals surface area contributed by atoms with Gasteiger partial charge in [-0.25, -0.2) is 14.8 Å². The molecule has 0 radical (unpaired) electrons. The number of carbonyl (C=O) groups is 2. The normalized spacial score (nSPS) is 18.9. The van der Waals surface area contributed by atoms with Crippen LogP contribution in [-0.4, -0.2) is 76.2 Å². The van der Waals surface area contributed by atoms with Crippen molar-refractivity contribution in [2.45, 2.75) is 30.1 Å². The lowest BCUT2D eigenvalue weighted by Crippen LogP contribution is -2.38. The van der Waals surface area contributed by atoms with Crippen LogP contribution in [-0.2, 0) is 20.8 Å². The first kappa shape index (κ1) is 24.5. The Hall–Kier alpha value is -3.81. The summed E-state index contributed by atoms with van der Waals surface area (Å²) in [5.41, 5.74) is 1.69. The van der Waals surface area contributed by atoms with E-state index in [4.69, 9.17) is 14.2 Å². The molecule has 6 heterocycles. The zero-order chi connectivity index (χ0) is 25.9. The van der Waals surface area contributed by atoms with Crippen molar-refractivity contribution in [1.29, 1.82) is 0 Å². The van der Waals surface area contributed by atoms with E-state index in [1.54, 1.807) is 24.5 Å². The summed E-state index contributed by atoms with van der Waals surface area (Å²) in [6.07, 6.45) is 3.36. The quantitative estimate of drug-likeness (QED) is 0.390. The lowest BCUT2D eigenvalue weighted by molar-refractivity contribution is -0.113. The largest absolute Gasteiger partial charge is 0.469 e. The number of cyclic esters (lactones) is 1. The van der Waals surface area contributed by atoms with Gasteiger partial charge >= 0.3 is 6.09 Å². The van der Waals surface area contributed by atoms with Crippen LogP contribution in [0.1, 0.15) is 12.1 Å². The fourth-order valence-corrected chi connectivity index (χ4v) is 4.91. The zero-order valence-electron chi connectivity index (χ0n) is 20.3. The molecule has 0 aliphatic carbocycles. The van der Waals surface area contributed by atoms with Gasteiger partial charge in [0.1, 0.15) is 23.8 Å². The molecule has 12 nitrogen and oxygen atoms in total. The van der Waals surface area contributed by atoms with E-state index in [0.717, 1.165) is 16.2 Å². The Labute approximate surface area is 222 Å². The minimum Gasteiger partial charge on any atom is -0.469 e. The average molecular weight is 536 g/mol. The van der Waals surface area contributed by atoms with Crippen molar-refractivity contribution in [1.82, 2.24) is 25.3 Å². The summed E-state index contributed by atoms with van der Waals surface area (Å²) in [6, 6.07) is 9.18. The highest BCUT2D eigenvalue weighted by atomic mass is 32.2. The molecule has 3 aliphatic rings. The molecule has 1 unspecified atom stereocenters. The smallest absolute Gasteiger partial charge is 0.415 e. The molecule has 2 amide bonds. The van der Waals surface area contributed by atoms with Crippen LogP contribution in [0.3, 0.4) is 0 Å². The van der Waals surface area contributed by atoms with Gasteiger partial charge in [-0.1, -0.05) is 0 Å². The summed E-state index contributed by atoms with van der Waals surface area (Å²) in [5.74, 6) is 2.29. The van der Waals surface area contributed by atoms with Crippen LogP contribution in [0.15, 0.2) is 47.6 Å². The van der Waals surface area contributed by atoms with Crippen molar-refractivity contribution in [3.05, 3.63) is 48.4 Å². The summed E-state index contributed by atoms with van der Waals surface area (Å²) in [6.45, 7) is 2.71. The molecule has 0 saturated carbocycles. The average Bonchev–Trinajstić information content (AvgIpc) is 3.29. The Morgan fingerprint density at radius 2 is 2.03 bits per heavy atom. The summed E-state index contributed by atoms with van der Waals surface area (Å²) in [5, 5.41) is 6.11. The third-order valence-electron chi connectivity index (χ3n) is 6.16. The monoisotopic (exact) mass is 535 g/mol. The number of thioether (sulfide) groups is 1. The van der Waals surface area contributed by atoms with E-state index < -0.39 is 6.09 Å². The Morgan fingerprint density at radius 1 is 1.13 bits per heavy atom. The maximum Gasteiger partial charge on any atom is 0.415 e. The number of nitrogens with one attached hydrogen (secondary N) is 2. The number of hydrogen-bond donors (Lipinski definition) is 2. The summed E-state index contributed by atoms with van der Waals surface area (Å²) in [7, 11) is 0. The second kappa shape index (κ2) is 10.9. The number of hydrogen-bond acceptors (Lipinski definition) is 11. The van der Waals surface area contributed by atoms with E-state index in [1.807, 2.05) is 18.2 Å². The van der Waals surface area contributed by atoms with E-state index in [1.165, 1.54) is 16.7 Å². The van der Waals surface area contributed by atoms with Gasteiger partial charge in [-0.3, -0.25) is 14.7 Å². The van der Waals surface area contributed by atoms with Crippen LogP contribution in [0.5, 0.6) is 5.88 Å². The van der Waals surface area contributed by atoms with Crippen LogP contribution in [0.2, 0.25) is 0 Å². The van der Waals surface area contributed by atoms with Gasteiger partial charge in [-0.2, -0.15) is 4.98 Å². The number of anilines is 2. The molecular formula is C25H25N7O5S. The first-order chi connectivity index (χ1) is 18.6. The van der Waals surface area contributed by atoms with Gasteiger partial charge in [-0.05, 0) is 37.2 Å². The van der Waals surface area contributed by atoms with E-state index in [-0.39, 0.29) is 18.1 Å². The number of amides is 2. The van der Waals surface area contributed by atoms with Gasteiger partial charge in [0.15, 0.2) is 5.82 Å². The van der Waals surface area contributed by atoms with Gasteiger partial charge < -0.3 is 24.8 Å². The van der Waals surface area contributed by atoms with Crippen LogP contribution < -0.4 is 20.3 Å². The number of fused-ring (bicyclic) bond motifs is 1. The number of nitrogens with zero attached hydrogens (tertiary/aromatic N) is 5. The van der Waals surface area contributed by atoms with Crippen molar-refractivity contribution < 1.29 is 23.8 Å². The minimum absolute atomic E-state index is 0.0391. The van der Waals surface area contributed by atoms with E-state index >= 15 is 0 Å². The Morgan fingerprint density at radius 3 is 2.89 bits per heavy atom. The Kier molecular flexibility index (Phi) is 7.03. The van der Waals surface area contributed by atoms with Gasteiger partial charge in [-0.15, -0.1) is 11.8 Å². The van der Waals surface area contributed by atoms with Gasteiger partial charge in [0.2, 0.25) is 11.8 Å². The van der Waals surface area contributed by atoms with Crippen molar-refractivity contribution in [3.8, 4) is 17.3 Å². The molecule has 13 heteroatoms. The first-order valence-corrected chi connectivity index (χ1v) is 13.2. The molecule has 2 saturated heterocycles. The predicted molar refractivity (Wildman–Crippen MR) is 138 cm³/mol. The molecule has 3 aliphatic heterocycles. The lowest BCUT2D eigenvalue weighted by atomic mass is 10.2. The molecule has 38 heavy (non-hydrogen) atoms. The highest BCUT2D eigenvalue weighted by Gasteiger charge is 2.33. The second-order valence-electron chi connectivity index (χ2n) is 8.97. The van der Waals surface area contributed by atoms with Crippen molar-refractivity contribution >= 4 is 35.4 Å². The second-order valence-corrected chi connectivity index (χ2v) is 9.98. The van der Waals surface area contributed by atoms with E-state index in [9.17, 15) is 9.59 Å². The lowest BCUT2D eigenvalue weighted by Gasteiger charge is -2.26. The number of ether oxygens (including phenoxy) is 3. The summed E-state index contributed by atoms with van der Waals surface area (Å²) >= 11 is 1.43. The molecule has 2 fully saturated rings.